The number of phenols is 2. The molecule has 2 rings (SSSR count). The smallest absolute Gasteiger partial charge is 0.331 e. The standard InChI is InChI=1S/C18H16O4/c19-16-11-10-15(12-17(16)20)13-22-18(21)9-5-4-8-14-6-2-1-3-7-14/h1-12,19-20H,13H2/b8-4+,9-5+. The zero-order valence-electron chi connectivity index (χ0n) is 11.8. The molecule has 2 aromatic carbocycles. The number of hydrogen-bond acceptors (Lipinski definition) is 4. The Hall–Kier alpha value is -3.01. The van der Waals surface area contributed by atoms with Gasteiger partial charge in [-0.15, -0.1) is 0 Å². The van der Waals surface area contributed by atoms with Crippen molar-refractivity contribution < 1.29 is 19.7 Å². The summed E-state index contributed by atoms with van der Waals surface area (Å²) in [6.45, 7) is 0.0272. The van der Waals surface area contributed by atoms with E-state index >= 15 is 0 Å². The van der Waals surface area contributed by atoms with Crippen molar-refractivity contribution in [3.63, 3.8) is 0 Å². The first-order chi connectivity index (χ1) is 10.6. The molecule has 0 spiro atoms. The van der Waals surface area contributed by atoms with Crippen LogP contribution in [0.2, 0.25) is 0 Å². The van der Waals surface area contributed by atoms with Crippen LogP contribution in [0.5, 0.6) is 11.5 Å². The molecule has 2 aromatic rings. The van der Waals surface area contributed by atoms with E-state index in [1.165, 1.54) is 18.2 Å². The van der Waals surface area contributed by atoms with Gasteiger partial charge in [0.05, 0.1) is 0 Å². The third kappa shape index (κ3) is 4.83. The number of esters is 1. The van der Waals surface area contributed by atoms with E-state index < -0.39 is 5.97 Å². The van der Waals surface area contributed by atoms with Gasteiger partial charge in [-0.3, -0.25) is 0 Å². The fraction of sp³-hybridized carbons (Fsp3) is 0.0556. The normalized spacial score (nSPS) is 11.1. The predicted molar refractivity (Wildman–Crippen MR) is 84.2 cm³/mol. The van der Waals surface area contributed by atoms with E-state index in [0.29, 0.717) is 5.56 Å². The van der Waals surface area contributed by atoms with Gasteiger partial charge in [0.1, 0.15) is 6.61 Å². The predicted octanol–water partition coefficient (Wildman–Crippen LogP) is 3.41. The van der Waals surface area contributed by atoms with Gasteiger partial charge in [0, 0.05) is 6.08 Å². The maximum absolute atomic E-state index is 11.5. The number of phenolic OH excluding ortho intramolecular Hbond substituents is 2. The molecule has 0 aromatic heterocycles. The van der Waals surface area contributed by atoms with Gasteiger partial charge in [-0.1, -0.05) is 54.6 Å². The van der Waals surface area contributed by atoms with E-state index in [-0.39, 0.29) is 18.1 Å². The number of allylic oxidation sites excluding steroid dienone is 2. The van der Waals surface area contributed by atoms with Crippen LogP contribution in [0.4, 0.5) is 0 Å². The van der Waals surface area contributed by atoms with Crippen LogP contribution in [-0.2, 0) is 16.1 Å². The number of carbonyl (C=O) groups is 1. The number of ether oxygens (including phenoxy) is 1. The maximum atomic E-state index is 11.5. The Morgan fingerprint density at radius 2 is 1.77 bits per heavy atom. The number of aromatic hydroxyl groups is 2. The van der Waals surface area contributed by atoms with Crippen molar-refractivity contribution in [3.8, 4) is 11.5 Å². The molecule has 0 aliphatic rings. The summed E-state index contributed by atoms with van der Waals surface area (Å²) < 4.78 is 5.02. The molecule has 0 saturated heterocycles. The van der Waals surface area contributed by atoms with Gasteiger partial charge >= 0.3 is 5.97 Å². The molecular weight excluding hydrogens is 280 g/mol. The summed E-state index contributed by atoms with van der Waals surface area (Å²) in [4.78, 5) is 11.5. The van der Waals surface area contributed by atoms with Crippen LogP contribution in [0.3, 0.4) is 0 Å². The van der Waals surface area contributed by atoms with Crippen LogP contribution in [-0.4, -0.2) is 16.2 Å². The monoisotopic (exact) mass is 296 g/mol. The van der Waals surface area contributed by atoms with Gasteiger partial charge < -0.3 is 14.9 Å². The van der Waals surface area contributed by atoms with Gasteiger partial charge in [0.15, 0.2) is 11.5 Å². The second-order valence-electron chi connectivity index (χ2n) is 4.56. The Balaban J connectivity index is 1.81. The van der Waals surface area contributed by atoms with Crippen LogP contribution in [0.25, 0.3) is 6.08 Å². The molecule has 22 heavy (non-hydrogen) atoms. The molecule has 0 fully saturated rings. The molecule has 4 nitrogen and oxygen atoms in total. The average Bonchev–Trinajstić information content (AvgIpc) is 2.54. The van der Waals surface area contributed by atoms with Crippen molar-refractivity contribution in [3.05, 3.63) is 77.9 Å². The van der Waals surface area contributed by atoms with E-state index in [9.17, 15) is 15.0 Å². The van der Waals surface area contributed by atoms with Gasteiger partial charge in [-0.05, 0) is 23.3 Å². The molecule has 0 heterocycles. The third-order valence-electron chi connectivity index (χ3n) is 2.85. The van der Waals surface area contributed by atoms with E-state index in [2.05, 4.69) is 0 Å². The molecule has 0 radical (unpaired) electrons. The van der Waals surface area contributed by atoms with Gasteiger partial charge in [-0.25, -0.2) is 4.79 Å². The zero-order valence-corrected chi connectivity index (χ0v) is 11.8. The Labute approximate surface area is 128 Å². The van der Waals surface area contributed by atoms with Gasteiger partial charge in [-0.2, -0.15) is 0 Å². The summed E-state index contributed by atoms with van der Waals surface area (Å²) in [6, 6.07) is 14.0. The van der Waals surface area contributed by atoms with Crippen molar-refractivity contribution in [1.29, 1.82) is 0 Å². The molecule has 0 aliphatic carbocycles. The highest BCUT2D eigenvalue weighted by atomic mass is 16.5. The number of benzene rings is 2. The quantitative estimate of drug-likeness (QED) is 0.384. The SMILES string of the molecule is O=C(/C=C/C=C/c1ccccc1)OCc1ccc(O)c(O)c1. The lowest BCUT2D eigenvalue weighted by Gasteiger charge is -2.03. The lowest BCUT2D eigenvalue weighted by Crippen LogP contribution is -2.00. The van der Waals surface area contributed by atoms with Crippen molar-refractivity contribution in [2.75, 3.05) is 0 Å². The second-order valence-corrected chi connectivity index (χ2v) is 4.56. The minimum Gasteiger partial charge on any atom is -0.504 e. The number of hydrogen-bond donors (Lipinski definition) is 2. The van der Waals surface area contributed by atoms with Gasteiger partial charge in [0.25, 0.3) is 0 Å². The molecule has 4 heteroatoms. The van der Waals surface area contributed by atoms with Crippen LogP contribution in [0.1, 0.15) is 11.1 Å². The van der Waals surface area contributed by atoms with Crippen LogP contribution in [0, 0.1) is 0 Å². The minimum absolute atomic E-state index is 0.0272. The highest BCUT2D eigenvalue weighted by molar-refractivity contribution is 5.82. The first-order valence-electron chi connectivity index (χ1n) is 6.72. The minimum atomic E-state index is -0.481. The third-order valence-corrected chi connectivity index (χ3v) is 2.85. The van der Waals surface area contributed by atoms with Crippen LogP contribution >= 0.6 is 0 Å². The zero-order chi connectivity index (χ0) is 15.8. The van der Waals surface area contributed by atoms with Crippen molar-refractivity contribution in [1.82, 2.24) is 0 Å². The summed E-state index contributed by atoms with van der Waals surface area (Å²) in [5.41, 5.74) is 1.64. The largest absolute Gasteiger partial charge is 0.504 e. The van der Waals surface area contributed by atoms with Crippen molar-refractivity contribution >= 4 is 12.0 Å². The molecule has 112 valence electrons. The fourth-order valence-corrected chi connectivity index (χ4v) is 1.73. The average molecular weight is 296 g/mol. The lowest BCUT2D eigenvalue weighted by molar-refractivity contribution is -0.139. The topological polar surface area (TPSA) is 66.8 Å². The molecular formula is C18H16O4. The van der Waals surface area contributed by atoms with E-state index in [1.807, 2.05) is 36.4 Å². The summed E-state index contributed by atoms with van der Waals surface area (Å²) in [6.07, 6.45) is 6.55. The Morgan fingerprint density at radius 3 is 2.50 bits per heavy atom. The summed E-state index contributed by atoms with van der Waals surface area (Å²) in [5, 5.41) is 18.5. The summed E-state index contributed by atoms with van der Waals surface area (Å²) in [7, 11) is 0. The maximum Gasteiger partial charge on any atom is 0.331 e. The summed E-state index contributed by atoms with van der Waals surface area (Å²) >= 11 is 0. The van der Waals surface area contributed by atoms with E-state index in [1.54, 1.807) is 18.2 Å². The first kappa shape index (κ1) is 15.4. The Bertz CT molecular complexity index is 687. The molecule has 0 amide bonds. The Kier molecular flexibility index (Phi) is 5.37. The van der Waals surface area contributed by atoms with Crippen molar-refractivity contribution in [2.45, 2.75) is 6.61 Å². The number of carbonyl (C=O) groups excluding carboxylic acids is 1. The summed E-state index contributed by atoms with van der Waals surface area (Å²) in [5.74, 6) is -0.929. The highest BCUT2D eigenvalue weighted by Crippen LogP contribution is 2.25. The molecule has 0 aliphatic heterocycles. The Morgan fingerprint density at radius 1 is 1.00 bits per heavy atom. The second kappa shape index (κ2) is 7.69. The molecule has 0 bridgehead atoms. The molecule has 0 unspecified atom stereocenters. The molecule has 0 saturated carbocycles. The molecule has 0 atom stereocenters. The van der Waals surface area contributed by atoms with E-state index in [0.717, 1.165) is 5.56 Å². The van der Waals surface area contributed by atoms with E-state index in [4.69, 9.17) is 4.74 Å². The molecule has 2 N–H and O–H groups in total. The highest BCUT2D eigenvalue weighted by Gasteiger charge is 2.02. The first-order valence-corrected chi connectivity index (χ1v) is 6.72. The van der Waals surface area contributed by atoms with Gasteiger partial charge in [0.2, 0.25) is 0 Å². The lowest BCUT2D eigenvalue weighted by atomic mass is 10.2. The van der Waals surface area contributed by atoms with Crippen molar-refractivity contribution in [2.24, 2.45) is 0 Å². The van der Waals surface area contributed by atoms with Crippen LogP contribution in [0.15, 0.2) is 66.8 Å². The number of rotatable bonds is 5. The fourth-order valence-electron chi connectivity index (χ4n) is 1.73. The van der Waals surface area contributed by atoms with Crippen LogP contribution < -0.4 is 0 Å².